The monoisotopic (exact) mass is 256 g/mol. The van der Waals surface area contributed by atoms with E-state index in [4.69, 9.17) is 0 Å². The number of Topliss-reactive ketones (excluding diaryl/α,β-unsaturated/α-hetero) is 1. The molecule has 3 nitrogen and oxygen atoms in total. The van der Waals surface area contributed by atoms with Crippen LogP contribution in [0, 0.1) is 0 Å². The van der Waals surface area contributed by atoms with Crippen LogP contribution in [0.15, 0.2) is 42.9 Å². The van der Waals surface area contributed by atoms with Crippen LogP contribution in [-0.4, -0.2) is 15.8 Å². The molecule has 0 saturated carbocycles. The zero-order valence-electron chi connectivity index (χ0n) is 11.1. The quantitative estimate of drug-likeness (QED) is 0.787. The van der Waals surface area contributed by atoms with E-state index >= 15 is 0 Å². The third-order valence-corrected chi connectivity index (χ3v) is 3.21. The van der Waals surface area contributed by atoms with E-state index < -0.39 is 0 Å². The van der Waals surface area contributed by atoms with Gasteiger partial charge in [0.25, 0.3) is 0 Å². The number of nitrogens with one attached hydrogen (secondary N) is 1. The highest BCUT2D eigenvalue weighted by atomic mass is 16.1. The van der Waals surface area contributed by atoms with Crippen molar-refractivity contribution in [3.8, 4) is 0 Å². The molecule has 0 amide bonds. The number of H-pyrrole nitrogens is 1. The van der Waals surface area contributed by atoms with Crippen molar-refractivity contribution < 1.29 is 4.79 Å². The standard InChI is InChI=1S/C16H20N2O/c19-16(11-5-9-15-12-17-13-18-15)10-4-8-14-6-2-1-3-7-14/h1-3,6-7,12-13H,4-5,8-11H2,(H,17,18). The Kier molecular flexibility index (Phi) is 5.35. The smallest absolute Gasteiger partial charge is 0.132 e. The maximum atomic E-state index is 11.7. The number of imidazole rings is 1. The van der Waals surface area contributed by atoms with E-state index in [9.17, 15) is 4.79 Å². The summed E-state index contributed by atoms with van der Waals surface area (Å²) in [7, 11) is 0. The average molecular weight is 256 g/mol. The predicted molar refractivity (Wildman–Crippen MR) is 75.9 cm³/mol. The molecule has 0 spiro atoms. The Hall–Kier alpha value is -1.90. The molecule has 1 N–H and O–H groups in total. The summed E-state index contributed by atoms with van der Waals surface area (Å²) < 4.78 is 0. The van der Waals surface area contributed by atoms with Gasteiger partial charge in [-0.05, 0) is 31.2 Å². The minimum Gasteiger partial charge on any atom is -0.351 e. The van der Waals surface area contributed by atoms with Gasteiger partial charge < -0.3 is 4.98 Å². The van der Waals surface area contributed by atoms with Gasteiger partial charge in [-0.1, -0.05) is 30.3 Å². The summed E-state index contributed by atoms with van der Waals surface area (Å²) in [6, 6.07) is 10.3. The van der Waals surface area contributed by atoms with Gasteiger partial charge in [-0.25, -0.2) is 4.98 Å². The largest absolute Gasteiger partial charge is 0.351 e. The van der Waals surface area contributed by atoms with Crippen molar-refractivity contribution in [3.63, 3.8) is 0 Å². The van der Waals surface area contributed by atoms with Crippen LogP contribution in [0.4, 0.5) is 0 Å². The maximum absolute atomic E-state index is 11.7. The molecule has 0 aliphatic carbocycles. The number of carbonyl (C=O) groups excluding carboxylic acids is 1. The van der Waals surface area contributed by atoms with E-state index in [2.05, 4.69) is 22.1 Å². The molecule has 0 saturated heterocycles. The molecular weight excluding hydrogens is 236 g/mol. The van der Waals surface area contributed by atoms with E-state index in [-0.39, 0.29) is 0 Å². The Morgan fingerprint density at radius 1 is 1.05 bits per heavy atom. The van der Waals surface area contributed by atoms with Crippen molar-refractivity contribution in [2.75, 3.05) is 0 Å². The first kappa shape index (κ1) is 13.5. The Balaban J connectivity index is 1.57. The van der Waals surface area contributed by atoms with Crippen molar-refractivity contribution in [2.24, 2.45) is 0 Å². The number of aryl methyl sites for hydroxylation is 2. The fraction of sp³-hybridized carbons (Fsp3) is 0.375. The number of carbonyl (C=O) groups is 1. The van der Waals surface area contributed by atoms with Gasteiger partial charge in [0.05, 0.1) is 12.0 Å². The highest BCUT2D eigenvalue weighted by Crippen LogP contribution is 2.08. The lowest BCUT2D eigenvalue weighted by Crippen LogP contribution is -2.00. The fourth-order valence-corrected chi connectivity index (χ4v) is 2.15. The van der Waals surface area contributed by atoms with Gasteiger partial charge in [0.15, 0.2) is 0 Å². The normalized spacial score (nSPS) is 10.5. The van der Waals surface area contributed by atoms with Crippen LogP contribution in [0.5, 0.6) is 0 Å². The number of aromatic nitrogens is 2. The van der Waals surface area contributed by atoms with Crippen LogP contribution < -0.4 is 0 Å². The Morgan fingerprint density at radius 2 is 1.79 bits per heavy atom. The van der Waals surface area contributed by atoms with Crippen LogP contribution in [0.1, 0.15) is 36.9 Å². The molecule has 0 bridgehead atoms. The lowest BCUT2D eigenvalue weighted by Gasteiger charge is -2.01. The van der Waals surface area contributed by atoms with E-state index in [1.165, 1.54) is 5.56 Å². The molecule has 100 valence electrons. The van der Waals surface area contributed by atoms with Crippen molar-refractivity contribution in [1.82, 2.24) is 9.97 Å². The topological polar surface area (TPSA) is 45.8 Å². The number of hydrogen-bond acceptors (Lipinski definition) is 2. The van der Waals surface area contributed by atoms with E-state index in [1.54, 1.807) is 6.33 Å². The number of nitrogens with zero attached hydrogens (tertiary/aromatic N) is 1. The predicted octanol–water partition coefficient (Wildman–Crippen LogP) is 3.32. The van der Waals surface area contributed by atoms with Crippen LogP contribution in [0.3, 0.4) is 0 Å². The number of benzene rings is 1. The molecule has 0 atom stereocenters. The second-order valence-corrected chi connectivity index (χ2v) is 4.79. The van der Waals surface area contributed by atoms with E-state index in [1.807, 2.05) is 24.4 Å². The van der Waals surface area contributed by atoms with Crippen LogP contribution >= 0.6 is 0 Å². The third-order valence-electron chi connectivity index (χ3n) is 3.21. The lowest BCUT2D eigenvalue weighted by molar-refractivity contribution is -0.119. The molecule has 0 radical (unpaired) electrons. The van der Waals surface area contributed by atoms with Gasteiger partial charge in [0, 0.05) is 19.0 Å². The van der Waals surface area contributed by atoms with Crippen LogP contribution in [-0.2, 0) is 17.6 Å². The molecule has 0 unspecified atom stereocenters. The van der Waals surface area contributed by atoms with Gasteiger partial charge in [-0.3, -0.25) is 4.79 Å². The van der Waals surface area contributed by atoms with Gasteiger partial charge in [-0.2, -0.15) is 0 Å². The zero-order chi connectivity index (χ0) is 13.3. The molecular formula is C16H20N2O. The first-order chi connectivity index (χ1) is 9.34. The summed E-state index contributed by atoms with van der Waals surface area (Å²) in [5.74, 6) is 0.367. The summed E-state index contributed by atoms with van der Waals surface area (Å²) >= 11 is 0. The summed E-state index contributed by atoms with van der Waals surface area (Å²) in [4.78, 5) is 18.8. The molecule has 3 heteroatoms. The molecule has 2 rings (SSSR count). The number of hydrogen-bond donors (Lipinski definition) is 1. The molecule has 0 aliphatic heterocycles. The van der Waals surface area contributed by atoms with E-state index in [0.717, 1.165) is 31.4 Å². The van der Waals surface area contributed by atoms with Gasteiger partial charge >= 0.3 is 0 Å². The SMILES string of the molecule is O=C(CCCc1ccccc1)CCCc1c[nH]cn1. The van der Waals surface area contributed by atoms with E-state index in [0.29, 0.717) is 18.6 Å². The molecule has 0 aliphatic rings. The molecule has 1 aromatic heterocycles. The Bertz CT molecular complexity index is 477. The molecule has 1 heterocycles. The minimum absolute atomic E-state index is 0.367. The minimum atomic E-state index is 0.367. The molecule has 0 fully saturated rings. The summed E-state index contributed by atoms with van der Waals surface area (Å²) in [6.45, 7) is 0. The van der Waals surface area contributed by atoms with Gasteiger partial charge in [0.2, 0.25) is 0 Å². The number of aromatic amines is 1. The van der Waals surface area contributed by atoms with Crippen molar-refractivity contribution >= 4 is 5.78 Å². The molecule has 19 heavy (non-hydrogen) atoms. The Labute approximate surface area is 114 Å². The third kappa shape index (κ3) is 5.08. The summed E-state index contributed by atoms with van der Waals surface area (Å²) in [6.07, 6.45) is 8.65. The summed E-state index contributed by atoms with van der Waals surface area (Å²) in [5.41, 5.74) is 2.35. The highest BCUT2D eigenvalue weighted by Gasteiger charge is 2.03. The maximum Gasteiger partial charge on any atom is 0.132 e. The van der Waals surface area contributed by atoms with Crippen molar-refractivity contribution in [2.45, 2.75) is 38.5 Å². The lowest BCUT2D eigenvalue weighted by atomic mass is 10.0. The average Bonchev–Trinajstić information content (AvgIpc) is 2.93. The highest BCUT2D eigenvalue weighted by molar-refractivity contribution is 5.78. The van der Waals surface area contributed by atoms with Crippen LogP contribution in [0.2, 0.25) is 0 Å². The second-order valence-electron chi connectivity index (χ2n) is 4.79. The van der Waals surface area contributed by atoms with Gasteiger partial charge in [-0.15, -0.1) is 0 Å². The first-order valence-electron chi connectivity index (χ1n) is 6.88. The summed E-state index contributed by atoms with van der Waals surface area (Å²) in [5, 5.41) is 0. The Morgan fingerprint density at radius 3 is 2.47 bits per heavy atom. The van der Waals surface area contributed by atoms with Crippen molar-refractivity contribution in [3.05, 3.63) is 54.1 Å². The van der Waals surface area contributed by atoms with Crippen molar-refractivity contribution in [1.29, 1.82) is 0 Å². The fourth-order valence-electron chi connectivity index (χ4n) is 2.15. The number of ketones is 1. The molecule has 1 aromatic carbocycles. The zero-order valence-corrected chi connectivity index (χ0v) is 11.1. The van der Waals surface area contributed by atoms with Gasteiger partial charge in [0.1, 0.15) is 5.78 Å². The second kappa shape index (κ2) is 7.52. The first-order valence-corrected chi connectivity index (χ1v) is 6.88. The number of rotatable bonds is 8. The van der Waals surface area contributed by atoms with Crippen LogP contribution in [0.25, 0.3) is 0 Å². The molecule has 2 aromatic rings.